The van der Waals surface area contributed by atoms with E-state index in [1.807, 2.05) is 6.92 Å². The second-order valence-corrected chi connectivity index (χ2v) is 13.7. The zero-order chi connectivity index (χ0) is 33.2. The molecule has 1 aromatic carbocycles. The number of aliphatic hydroxyl groups excluding tert-OH is 1. The third-order valence-electron chi connectivity index (χ3n) is 7.66. The second kappa shape index (κ2) is 20.8. The quantitative estimate of drug-likeness (QED) is 0.124. The minimum atomic E-state index is -4.10. The van der Waals surface area contributed by atoms with Crippen molar-refractivity contribution in [2.45, 2.75) is 96.7 Å². The smallest absolute Gasteiger partial charge is 0.408 e. The molecule has 1 aromatic rings. The van der Waals surface area contributed by atoms with Gasteiger partial charge >= 0.3 is 13.7 Å². The predicted molar refractivity (Wildman–Crippen MR) is 172 cm³/mol. The number of amides is 3. The first-order chi connectivity index (χ1) is 21.5. The highest BCUT2D eigenvalue weighted by molar-refractivity contribution is 7.54. The summed E-state index contributed by atoms with van der Waals surface area (Å²) in [7, 11) is -2.46. The van der Waals surface area contributed by atoms with Crippen molar-refractivity contribution in [3.63, 3.8) is 0 Å². The van der Waals surface area contributed by atoms with Crippen LogP contribution in [0.5, 0.6) is 0 Å². The van der Waals surface area contributed by atoms with Crippen LogP contribution in [-0.2, 0) is 39.3 Å². The molecule has 3 atom stereocenters. The molecule has 14 heteroatoms. The van der Waals surface area contributed by atoms with Gasteiger partial charge in [0.25, 0.3) is 0 Å². The summed E-state index contributed by atoms with van der Waals surface area (Å²) in [5.41, 5.74) is 0.688. The Bertz CT molecular complexity index is 1100. The Morgan fingerprint density at radius 3 is 2.38 bits per heavy atom. The monoisotopic (exact) mass is 675 g/mol. The van der Waals surface area contributed by atoms with Gasteiger partial charge in [-0.2, -0.15) is 0 Å². The van der Waals surface area contributed by atoms with E-state index >= 15 is 0 Å². The van der Waals surface area contributed by atoms with Crippen molar-refractivity contribution in [2.24, 2.45) is 5.92 Å². The molecule has 0 saturated heterocycles. The van der Waals surface area contributed by atoms with E-state index in [0.717, 1.165) is 32.1 Å². The Hall–Kier alpha value is -2.21. The lowest BCUT2D eigenvalue weighted by Gasteiger charge is -2.32. The lowest BCUT2D eigenvalue weighted by molar-refractivity contribution is -0.131. The molecule has 256 valence electrons. The first-order valence-electron chi connectivity index (χ1n) is 15.9. The molecule has 0 bridgehead atoms. The molecule has 2 rings (SSSR count). The van der Waals surface area contributed by atoms with Crippen LogP contribution in [0.1, 0.15) is 77.7 Å². The summed E-state index contributed by atoms with van der Waals surface area (Å²) < 4.78 is 35.0. The molecule has 1 fully saturated rings. The fraction of sp³-hybridized carbons (Fsp3) is 0.710. The van der Waals surface area contributed by atoms with E-state index < -0.39 is 37.5 Å². The van der Waals surface area contributed by atoms with Crippen molar-refractivity contribution in [1.29, 1.82) is 0 Å². The van der Waals surface area contributed by atoms with Crippen molar-refractivity contribution < 1.29 is 42.6 Å². The summed E-state index contributed by atoms with van der Waals surface area (Å²) in [6.07, 6.45) is 4.47. The van der Waals surface area contributed by atoms with E-state index in [2.05, 4.69) is 10.6 Å². The molecule has 0 heterocycles. The largest absolute Gasteiger partial charge is 0.445 e. The van der Waals surface area contributed by atoms with Crippen LogP contribution in [0.25, 0.3) is 0 Å². The number of nitrogens with zero attached hydrogens (tertiary/aromatic N) is 1. The third kappa shape index (κ3) is 14.0. The SMILES string of the molecule is CCOCCN(C)C(=O)CC[C@H](NC(=O)[C@H](CC1CCCCC1)NC(=O)OCc1cccc(Cl)c1)C(O)P(=O)(OCC)OCC. The van der Waals surface area contributed by atoms with E-state index in [-0.39, 0.29) is 44.5 Å². The van der Waals surface area contributed by atoms with Gasteiger partial charge in [0.05, 0.1) is 25.9 Å². The minimum Gasteiger partial charge on any atom is -0.445 e. The number of ether oxygens (including phenoxy) is 2. The fourth-order valence-electron chi connectivity index (χ4n) is 5.24. The van der Waals surface area contributed by atoms with Crippen LogP contribution in [0.3, 0.4) is 0 Å². The van der Waals surface area contributed by atoms with Gasteiger partial charge in [0, 0.05) is 31.6 Å². The van der Waals surface area contributed by atoms with Gasteiger partial charge in [-0.05, 0) is 57.2 Å². The zero-order valence-corrected chi connectivity index (χ0v) is 28.7. The van der Waals surface area contributed by atoms with E-state index in [9.17, 15) is 24.1 Å². The molecule has 0 aromatic heterocycles. The molecular weight excluding hydrogens is 625 g/mol. The molecule has 1 aliphatic carbocycles. The maximum Gasteiger partial charge on any atom is 0.408 e. The second-order valence-electron chi connectivity index (χ2n) is 11.1. The van der Waals surface area contributed by atoms with Crippen LogP contribution in [-0.4, -0.2) is 85.9 Å². The van der Waals surface area contributed by atoms with Gasteiger partial charge in [-0.3, -0.25) is 14.2 Å². The molecule has 0 spiro atoms. The third-order valence-corrected chi connectivity index (χ3v) is 10.1. The molecule has 0 radical (unpaired) electrons. The van der Waals surface area contributed by atoms with E-state index in [1.54, 1.807) is 45.2 Å². The van der Waals surface area contributed by atoms with Gasteiger partial charge < -0.3 is 39.2 Å². The molecule has 45 heavy (non-hydrogen) atoms. The summed E-state index contributed by atoms with van der Waals surface area (Å²) in [6, 6.07) is 4.72. The van der Waals surface area contributed by atoms with Gasteiger partial charge in [-0.1, -0.05) is 55.8 Å². The highest BCUT2D eigenvalue weighted by atomic mass is 35.5. The number of alkyl carbamates (subject to hydrolysis) is 1. The predicted octanol–water partition coefficient (Wildman–Crippen LogP) is 5.25. The maximum atomic E-state index is 13.8. The van der Waals surface area contributed by atoms with Crippen molar-refractivity contribution >= 4 is 37.1 Å². The van der Waals surface area contributed by atoms with E-state index in [4.69, 9.17) is 30.1 Å². The summed E-state index contributed by atoms with van der Waals surface area (Å²) >= 11 is 6.03. The highest BCUT2D eigenvalue weighted by Crippen LogP contribution is 2.53. The van der Waals surface area contributed by atoms with Crippen molar-refractivity contribution in [3.05, 3.63) is 34.9 Å². The normalized spacial score (nSPS) is 16.0. The first kappa shape index (κ1) is 39.0. The Kier molecular flexibility index (Phi) is 18.0. The number of likely N-dealkylation sites (N-methyl/N-ethyl adjacent to an activating group) is 1. The number of rotatable bonds is 20. The van der Waals surface area contributed by atoms with E-state index in [0.29, 0.717) is 36.8 Å². The first-order valence-corrected chi connectivity index (χ1v) is 17.9. The van der Waals surface area contributed by atoms with Crippen LogP contribution >= 0.6 is 19.2 Å². The minimum absolute atomic E-state index is 0.00156. The number of carbonyl (C=O) groups excluding carboxylic acids is 3. The van der Waals surface area contributed by atoms with Crippen LogP contribution in [0.4, 0.5) is 4.79 Å². The summed E-state index contributed by atoms with van der Waals surface area (Å²) in [5.74, 6) is -2.40. The summed E-state index contributed by atoms with van der Waals surface area (Å²) in [6.45, 7) is 6.30. The Morgan fingerprint density at radius 1 is 1.07 bits per heavy atom. The number of benzene rings is 1. The maximum absolute atomic E-state index is 13.8. The molecular formula is C31H51ClN3O9P. The molecule has 3 amide bonds. The number of hydrogen-bond donors (Lipinski definition) is 3. The summed E-state index contributed by atoms with van der Waals surface area (Å²) in [5, 5.41) is 17.2. The summed E-state index contributed by atoms with van der Waals surface area (Å²) in [4.78, 5) is 41.0. The standard InChI is InChI=1S/C31H51ClN3O9P/c1-5-41-19-18-35(4)28(36)17-16-26(30(38)45(40,43-6-2)44-7-3)33-29(37)27(21-23-12-9-8-10-13-23)34-31(39)42-22-24-14-11-15-25(32)20-24/h11,14-15,20,23,26-27,30,38H,5-10,12-13,16-19,21-22H2,1-4H3,(H,33,37)(H,34,39)/t26-,27-,30?/m0/s1. The Balaban J connectivity index is 2.23. The van der Waals surface area contributed by atoms with E-state index in [1.165, 1.54) is 4.90 Å². The molecule has 3 N–H and O–H groups in total. The highest BCUT2D eigenvalue weighted by Gasteiger charge is 2.42. The van der Waals surface area contributed by atoms with Gasteiger partial charge in [0.15, 0.2) is 5.85 Å². The topological polar surface area (TPSA) is 153 Å². The number of carbonyl (C=O) groups is 3. The van der Waals surface area contributed by atoms with Crippen LogP contribution in [0.2, 0.25) is 5.02 Å². The van der Waals surface area contributed by atoms with Crippen LogP contribution in [0.15, 0.2) is 24.3 Å². The fourth-order valence-corrected chi connectivity index (χ4v) is 7.21. The van der Waals surface area contributed by atoms with Gasteiger partial charge in [0.2, 0.25) is 11.8 Å². The molecule has 12 nitrogen and oxygen atoms in total. The molecule has 1 unspecified atom stereocenters. The van der Waals surface area contributed by atoms with Crippen molar-refractivity contribution in [2.75, 3.05) is 40.0 Å². The van der Waals surface area contributed by atoms with Gasteiger partial charge in [-0.15, -0.1) is 0 Å². The lowest BCUT2D eigenvalue weighted by Crippen LogP contribution is -2.53. The number of halogens is 1. The molecule has 0 aliphatic heterocycles. The number of aliphatic hydroxyl groups is 1. The zero-order valence-electron chi connectivity index (χ0n) is 27.0. The van der Waals surface area contributed by atoms with Gasteiger partial charge in [0.1, 0.15) is 12.6 Å². The van der Waals surface area contributed by atoms with Crippen LogP contribution in [0, 0.1) is 5.92 Å². The van der Waals surface area contributed by atoms with Crippen molar-refractivity contribution in [1.82, 2.24) is 15.5 Å². The van der Waals surface area contributed by atoms with Crippen LogP contribution < -0.4 is 10.6 Å². The average molecular weight is 676 g/mol. The van der Waals surface area contributed by atoms with Gasteiger partial charge in [-0.25, -0.2) is 4.79 Å². The lowest BCUT2D eigenvalue weighted by atomic mass is 9.84. The molecule has 1 saturated carbocycles. The number of nitrogens with one attached hydrogen (secondary N) is 2. The Morgan fingerprint density at radius 2 is 1.76 bits per heavy atom. The molecule has 1 aliphatic rings. The van der Waals surface area contributed by atoms with Crippen molar-refractivity contribution in [3.8, 4) is 0 Å². The Labute approximate surface area is 272 Å². The number of hydrogen-bond acceptors (Lipinski definition) is 9. The average Bonchev–Trinajstić information content (AvgIpc) is 3.02.